The number of benzene rings is 3. The molecular weight excluding hydrogens is 948 g/mol. The topological polar surface area (TPSA) is 225 Å². The Morgan fingerprint density at radius 3 is 0.882 bits per heavy atom. The van der Waals surface area contributed by atoms with Crippen LogP contribution in [0.5, 0.6) is 0 Å². The predicted molar refractivity (Wildman–Crippen MR) is 272 cm³/mol. The van der Waals surface area contributed by atoms with Crippen molar-refractivity contribution in [1.29, 1.82) is 0 Å². The molecule has 0 aliphatic heterocycles. The van der Waals surface area contributed by atoms with Crippen molar-refractivity contribution in [3.63, 3.8) is 0 Å². The van der Waals surface area contributed by atoms with Gasteiger partial charge in [-0.25, -0.2) is 0 Å². The van der Waals surface area contributed by atoms with Gasteiger partial charge in [0, 0.05) is 36.8 Å². The average Bonchev–Trinajstić information content (AvgIpc) is 3.36. The molecule has 7 N–H and O–H groups in total. The van der Waals surface area contributed by atoms with Gasteiger partial charge in [0.05, 0.1) is 152 Å². The van der Waals surface area contributed by atoms with Gasteiger partial charge in [-0.3, -0.25) is 0 Å². The zero-order valence-corrected chi connectivity index (χ0v) is 41.0. The van der Waals surface area contributed by atoms with Crippen LogP contribution in [0, 0.1) is 17.8 Å². The second-order valence-corrected chi connectivity index (χ2v) is 14.9. The number of hydrogen-bond donors (Lipinski definition) is 7. The van der Waals surface area contributed by atoms with Gasteiger partial charge in [0.1, 0.15) is 0 Å². The molecule has 16 nitrogen and oxygen atoms in total. The summed E-state index contributed by atoms with van der Waals surface area (Å²) in [6.45, 7) is 11.4. The van der Waals surface area contributed by atoms with E-state index in [0.29, 0.717) is 85.9 Å². The molecule has 3 aromatic rings. The highest BCUT2D eigenvalue weighted by Gasteiger charge is 2.11. The first-order valence-electron chi connectivity index (χ1n) is 22.5. The van der Waals surface area contributed by atoms with Gasteiger partial charge in [0.2, 0.25) is 0 Å². The van der Waals surface area contributed by atoms with E-state index in [4.69, 9.17) is 78.4 Å². The van der Waals surface area contributed by atoms with E-state index in [9.17, 15) is 0 Å². The highest BCUT2D eigenvalue weighted by molar-refractivity contribution is 9.09. The molecule has 0 spiro atoms. The first kappa shape index (κ1) is 72.0. The van der Waals surface area contributed by atoms with Crippen LogP contribution in [0.2, 0.25) is 0 Å². The molecule has 0 fully saturated rings. The fourth-order valence-corrected chi connectivity index (χ4v) is 5.11. The van der Waals surface area contributed by atoms with E-state index in [1.807, 2.05) is 54.6 Å². The van der Waals surface area contributed by atoms with Crippen molar-refractivity contribution in [2.75, 3.05) is 151 Å². The standard InChI is InChI=1S/C25H36O5.C10H22O6.C9H11BrO.C4H10O3.CH4O.2CH4/c1-2-13-26-20-25(21-29-16-14-27-18-23-9-5-3-6-10-23)22-30-17-15-28-19-24-11-7-4-8-12-24;11-1-4-14-7-10(8-15-5-2-12)9-16-6-3-13;10-6-7-11-8-9-4-2-1-3-5-9;5-1-4(2-6)3-7;1-2;;/h3-12,25H,2,13-22H2,1H3;10-13H,1-9H2;1-5H,6-8H2;4-7H,1-3H2;2H,1H3;2*1H4. The monoisotopic (exact) mass is 1040 g/mol. The van der Waals surface area contributed by atoms with Crippen LogP contribution in [-0.2, 0) is 62.5 Å². The number of aliphatic hydroxyl groups is 7. The molecule has 0 aliphatic carbocycles. The summed E-state index contributed by atoms with van der Waals surface area (Å²) in [7, 11) is 1.00. The summed E-state index contributed by atoms with van der Waals surface area (Å²) < 4.78 is 49.4. The lowest BCUT2D eigenvalue weighted by Gasteiger charge is -2.17. The van der Waals surface area contributed by atoms with Gasteiger partial charge in [0.15, 0.2) is 0 Å². The molecule has 17 heteroatoms. The van der Waals surface area contributed by atoms with Crippen LogP contribution in [0.25, 0.3) is 0 Å². The molecule has 3 rings (SSSR count). The number of aliphatic hydroxyl groups excluding tert-OH is 7. The average molecular weight is 1040 g/mol. The van der Waals surface area contributed by atoms with Crippen LogP contribution in [0.4, 0.5) is 0 Å². The summed E-state index contributed by atoms with van der Waals surface area (Å²) >= 11 is 3.30. The van der Waals surface area contributed by atoms with E-state index in [1.54, 1.807) is 0 Å². The van der Waals surface area contributed by atoms with E-state index in [0.717, 1.165) is 32.1 Å². The molecule has 0 amide bonds. The Hall–Kier alpha value is -2.50. The highest BCUT2D eigenvalue weighted by atomic mass is 79.9. The SMILES string of the molecule is BrCCOCc1ccccc1.C.C.CCCOCC(COCCOCc1ccccc1)COCCOCc1ccccc1.CO.OCC(CO)CO.OCCOCC(COCCO)COCCO. The van der Waals surface area contributed by atoms with Crippen molar-refractivity contribution >= 4 is 15.9 Å². The first-order chi connectivity index (χ1) is 32.5. The predicted octanol–water partition coefficient (Wildman–Crippen LogP) is 5.18. The van der Waals surface area contributed by atoms with Crippen LogP contribution in [0.3, 0.4) is 0 Å². The molecule has 0 saturated heterocycles. The van der Waals surface area contributed by atoms with E-state index in [-0.39, 0.29) is 92.1 Å². The molecule has 0 atom stereocenters. The Kier molecular flexibility index (Phi) is 64.2. The highest BCUT2D eigenvalue weighted by Crippen LogP contribution is 2.05. The van der Waals surface area contributed by atoms with Crippen molar-refractivity contribution in [2.24, 2.45) is 17.8 Å². The van der Waals surface area contributed by atoms with E-state index >= 15 is 0 Å². The van der Waals surface area contributed by atoms with Gasteiger partial charge in [-0.1, -0.05) is 129 Å². The second kappa shape index (κ2) is 60.6. The minimum Gasteiger partial charge on any atom is -0.400 e. The maximum absolute atomic E-state index is 8.55. The van der Waals surface area contributed by atoms with Crippen molar-refractivity contribution in [3.05, 3.63) is 108 Å². The minimum absolute atomic E-state index is 0. The third-order valence-electron chi connectivity index (χ3n) is 8.25. The normalized spacial score (nSPS) is 10.4. The first-order valence-corrected chi connectivity index (χ1v) is 23.6. The molecule has 0 unspecified atom stereocenters. The molecule has 0 heterocycles. The lowest BCUT2D eigenvalue weighted by atomic mass is 10.2. The fourth-order valence-electron chi connectivity index (χ4n) is 4.88. The number of halogens is 1. The van der Waals surface area contributed by atoms with Crippen LogP contribution in [-0.4, -0.2) is 187 Å². The van der Waals surface area contributed by atoms with Crippen molar-refractivity contribution in [1.82, 2.24) is 0 Å². The number of hydrogen-bond acceptors (Lipinski definition) is 16. The van der Waals surface area contributed by atoms with Crippen LogP contribution >= 0.6 is 15.9 Å². The van der Waals surface area contributed by atoms with Crippen molar-refractivity contribution in [3.8, 4) is 0 Å². The van der Waals surface area contributed by atoms with Gasteiger partial charge < -0.3 is 78.4 Å². The summed E-state index contributed by atoms with van der Waals surface area (Å²) in [4.78, 5) is 0. The quantitative estimate of drug-likeness (QED) is 0.0292. The second-order valence-electron chi connectivity index (χ2n) is 14.1. The molecule has 68 heavy (non-hydrogen) atoms. The third kappa shape index (κ3) is 49.9. The number of alkyl halides is 1. The smallest absolute Gasteiger partial charge is 0.0718 e. The van der Waals surface area contributed by atoms with Crippen LogP contribution in [0.15, 0.2) is 91.0 Å². The summed E-state index contributed by atoms with van der Waals surface area (Å²) in [5.74, 6) is -0.0931. The van der Waals surface area contributed by atoms with Crippen LogP contribution in [0.1, 0.15) is 44.9 Å². The zero-order chi connectivity index (χ0) is 48.8. The molecule has 0 saturated carbocycles. The Morgan fingerprint density at radius 2 is 0.632 bits per heavy atom. The summed E-state index contributed by atoms with van der Waals surface area (Å²) in [6, 6.07) is 30.5. The number of rotatable bonds is 37. The fraction of sp³-hybridized carbons (Fsp3) is 0.647. The maximum atomic E-state index is 8.55. The summed E-state index contributed by atoms with van der Waals surface area (Å²) in [5, 5.41) is 58.2. The lowest BCUT2D eigenvalue weighted by molar-refractivity contribution is -0.0316. The number of ether oxygens (including phenoxy) is 9. The van der Waals surface area contributed by atoms with E-state index < -0.39 is 0 Å². The van der Waals surface area contributed by atoms with Crippen molar-refractivity contribution < 1.29 is 78.4 Å². The van der Waals surface area contributed by atoms with Crippen LogP contribution < -0.4 is 0 Å². The van der Waals surface area contributed by atoms with Crippen molar-refractivity contribution in [2.45, 2.75) is 48.0 Å². The molecule has 0 bridgehead atoms. The largest absolute Gasteiger partial charge is 0.400 e. The van der Waals surface area contributed by atoms with Gasteiger partial charge in [0.25, 0.3) is 0 Å². The zero-order valence-electron chi connectivity index (χ0n) is 39.5. The van der Waals surface area contributed by atoms with Gasteiger partial charge in [-0.15, -0.1) is 0 Å². The molecule has 398 valence electrons. The molecule has 3 aromatic carbocycles. The summed E-state index contributed by atoms with van der Waals surface area (Å²) in [5.41, 5.74) is 3.57. The van der Waals surface area contributed by atoms with Gasteiger partial charge in [-0.05, 0) is 23.1 Å². The lowest BCUT2D eigenvalue weighted by Crippen LogP contribution is -2.24. The summed E-state index contributed by atoms with van der Waals surface area (Å²) in [6.07, 6.45) is 1.01. The maximum Gasteiger partial charge on any atom is 0.0718 e. The third-order valence-corrected chi connectivity index (χ3v) is 8.58. The molecule has 0 aliphatic rings. The van der Waals surface area contributed by atoms with Gasteiger partial charge in [-0.2, -0.15) is 0 Å². The molecular formula is C51H91BrO16. The minimum atomic E-state index is -0.347. The molecule has 0 radical (unpaired) electrons. The Bertz CT molecular complexity index is 1220. The Labute approximate surface area is 417 Å². The Morgan fingerprint density at radius 1 is 0.368 bits per heavy atom. The Balaban J connectivity index is -0.000000451. The van der Waals surface area contributed by atoms with E-state index in [2.05, 4.69) is 59.3 Å². The van der Waals surface area contributed by atoms with E-state index in [1.165, 1.54) is 16.7 Å². The van der Waals surface area contributed by atoms with Gasteiger partial charge >= 0.3 is 0 Å². The molecule has 0 aromatic heterocycles.